The molecule has 5 rings (SSSR count). The summed E-state index contributed by atoms with van der Waals surface area (Å²) in [6, 6.07) is 13.2. The summed E-state index contributed by atoms with van der Waals surface area (Å²) in [7, 11) is 2.69. The number of rotatable bonds is 14. The van der Waals surface area contributed by atoms with Crippen molar-refractivity contribution in [2.45, 2.75) is 33.4 Å². The average Bonchev–Trinajstić information content (AvgIpc) is 3.43. The molecule has 0 saturated heterocycles. The fourth-order valence-corrected chi connectivity index (χ4v) is 6.73. The first-order chi connectivity index (χ1) is 25.0. The molecule has 14 nitrogen and oxygen atoms in total. The van der Waals surface area contributed by atoms with Gasteiger partial charge < -0.3 is 28.4 Å². The summed E-state index contributed by atoms with van der Waals surface area (Å²) >= 11 is 7.75. The maximum absolute atomic E-state index is 14.2. The van der Waals surface area contributed by atoms with Gasteiger partial charge in [0, 0.05) is 12.1 Å². The standard InChI is InChI=1S/C36H34ClN3O11S/c1-6-48-27-17-23(11-12-26(27)50-19-30(41)47-5)32-31(35(43)49-7-2)20(3)38-36-39(32)34(42)29(52-36)16-22-14-25(37)33(28(15-22)46-4)51-18-21-9-8-10-24(13-21)40(44)45/h8-17,32H,6-7,18-19H2,1-5H3/b29-16-/t32-/m1/s1. The van der Waals surface area contributed by atoms with Gasteiger partial charge in [-0.25, -0.2) is 14.6 Å². The number of halogens is 1. The van der Waals surface area contributed by atoms with E-state index >= 15 is 0 Å². The monoisotopic (exact) mass is 751 g/mol. The smallest absolute Gasteiger partial charge is 0.343 e. The summed E-state index contributed by atoms with van der Waals surface area (Å²) in [6.07, 6.45) is 1.62. The molecule has 0 radical (unpaired) electrons. The largest absolute Gasteiger partial charge is 0.493 e. The number of hydrogen-bond acceptors (Lipinski definition) is 13. The second-order valence-electron chi connectivity index (χ2n) is 11.1. The van der Waals surface area contributed by atoms with Gasteiger partial charge in [-0.3, -0.25) is 19.5 Å². The Bertz CT molecular complexity index is 2250. The number of nitro groups is 1. The van der Waals surface area contributed by atoms with Crippen LogP contribution < -0.4 is 33.8 Å². The van der Waals surface area contributed by atoms with Gasteiger partial charge in [-0.05, 0) is 67.8 Å². The number of allylic oxidation sites excluding steroid dienone is 1. The molecule has 2 heterocycles. The molecule has 0 aliphatic carbocycles. The van der Waals surface area contributed by atoms with E-state index in [1.807, 2.05) is 0 Å². The highest BCUT2D eigenvalue weighted by molar-refractivity contribution is 7.07. The van der Waals surface area contributed by atoms with Crippen LogP contribution in [-0.2, 0) is 25.7 Å². The lowest BCUT2D eigenvalue weighted by Crippen LogP contribution is -2.40. The van der Waals surface area contributed by atoms with Gasteiger partial charge in [-0.1, -0.05) is 41.1 Å². The van der Waals surface area contributed by atoms with Crippen molar-refractivity contribution >= 4 is 46.6 Å². The summed E-state index contributed by atoms with van der Waals surface area (Å²) in [5.41, 5.74) is 1.61. The second-order valence-corrected chi connectivity index (χ2v) is 12.5. The van der Waals surface area contributed by atoms with E-state index in [9.17, 15) is 24.5 Å². The minimum Gasteiger partial charge on any atom is -0.493 e. The number of ether oxygens (including phenoxy) is 6. The third kappa shape index (κ3) is 8.11. The van der Waals surface area contributed by atoms with Crippen LogP contribution in [0.1, 0.15) is 43.5 Å². The molecule has 4 aromatic rings. The molecule has 272 valence electrons. The number of non-ortho nitro benzene ring substituents is 1. The number of nitrogens with zero attached hydrogens (tertiary/aromatic N) is 3. The number of esters is 2. The topological polar surface area (TPSA) is 167 Å². The van der Waals surface area contributed by atoms with Crippen molar-refractivity contribution < 1.29 is 42.9 Å². The Balaban J connectivity index is 1.57. The predicted molar refractivity (Wildman–Crippen MR) is 191 cm³/mol. The highest BCUT2D eigenvalue weighted by Crippen LogP contribution is 2.38. The van der Waals surface area contributed by atoms with Crippen molar-refractivity contribution in [3.63, 3.8) is 0 Å². The Kier molecular flexibility index (Phi) is 12.0. The molecular formula is C36H34ClN3O11S. The van der Waals surface area contributed by atoms with Gasteiger partial charge in [-0.2, -0.15) is 0 Å². The number of nitro benzene ring substituents is 1. The zero-order valence-electron chi connectivity index (χ0n) is 28.8. The molecule has 52 heavy (non-hydrogen) atoms. The molecule has 0 unspecified atom stereocenters. The zero-order chi connectivity index (χ0) is 37.5. The highest BCUT2D eigenvalue weighted by Gasteiger charge is 2.34. The average molecular weight is 752 g/mol. The summed E-state index contributed by atoms with van der Waals surface area (Å²) in [6.45, 7) is 5.15. The zero-order valence-corrected chi connectivity index (χ0v) is 30.4. The normalized spacial score (nSPS) is 13.9. The Labute approximate surface area is 306 Å². The van der Waals surface area contributed by atoms with Crippen molar-refractivity contribution in [2.24, 2.45) is 4.99 Å². The van der Waals surface area contributed by atoms with Crippen LogP contribution >= 0.6 is 22.9 Å². The minimum absolute atomic E-state index is 0.0126. The van der Waals surface area contributed by atoms with E-state index in [0.717, 1.165) is 11.3 Å². The molecule has 0 amide bonds. The fraction of sp³-hybridized carbons (Fsp3) is 0.278. The van der Waals surface area contributed by atoms with Crippen LogP contribution in [0.5, 0.6) is 23.0 Å². The van der Waals surface area contributed by atoms with E-state index in [-0.39, 0.29) is 64.5 Å². The van der Waals surface area contributed by atoms with Crippen molar-refractivity contribution in [1.29, 1.82) is 0 Å². The van der Waals surface area contributed by atoms with E-state index in [0.29, 0.717) is 32.9 Å². The Hall–Kier alpha value is -5.67. The van der Waals surface area contributed by atoms with Crippen molar-refractivity contribution in [1.82, 2.24) is 4.57 Å². The lowest BCUT2D eigenvalue weighted by molar-refractivity contribution is -0.384. The molecule has 0 bridgehead atoms. The Morgan fingerprint density at radius 1 is 1.02 bits per heavy atom. The molecular weight excluding hydrogens is 718 g/mol. The van der Waals surface area contributed by atoms with Crippen LogP contribution in [0, 0.1) is 10.1 Å². The molecule has 1 atom stereocenters. The molecule has 3 aromatic carbocycles. The first-order valence-corrected chi connectivity index (χ1v) is 17.1. The number of aromatic nitrogens is 1. The number of thiazole rings is 1. The van der Waals surface area contributed by atoms with Crippen LogP contribution in [0.2, 0.25) is 5.02 Å². The van der Waals surface area contributed by atoms with Crippen molar-refractivity contribution in [3.8, 4) is 23.0 Å². The highest BCUT2D eigenvalue weighted by atomic mass is 35.5. The van der Waals surface area contributed by atoms with E-state index in [1.165, 1.54) is 30.9 Å². The fourth-order valence-electron chi connectivity index (χ4n) is 5.41. The summed E-state index contributed by atoms with van der Waals surface area (Å²) < 4.78 is 34.7. The van der Waals surface area contributed by atoms with Gasteiger partial charge in [0.25, 0.3) is 11.2 Å². The van der Waals surface area contributed by atoms with E-state index in [4.69, 9.17) is 35.3 Å². The molecule has 16 heteroatoms. The Morgan fingerprint density at radius 3 is 2.50 bits per heavy atom. The number of carbonyl (C=O) groups is 2. The molecule has 1 aromatic heterocycles. The molecule has 0 spiro atoms. The number of fused-ring (bicyclic) bond motifs is 1. The third-order valence-corrected chi connectivity index (χ3v) is 8.99. The second kappa shape index (κ2) is 16.6. The number of methoxy groups -OCH3 is 2. The summed E-state index contributed by atoms with van der Waals surface area (Å²) in [4.78, 5) is 55.0. The van der Waals surface area contributed by atoms with E-state index < -0.39 is 28.5 Å². The van der Waals surface area contributed by atoms with Crippen LogP contribution in [0.4, 0.5) is 5.69 Å². The first-order valence-electron chi connectivity index (χ1n) is 15.9. The molecule has 1 aliphatic heterocycles. The van der Waals surface area contributed by atoms with Gasteiger partial charge in [0.15, 0.2) is 34.4 Å². The van der Waals surface area contributed by atoms with Crippen molar-refractivity contribution in [3.05, 3.63) is 117 Å². The van der Waals surface area contributed by atoms with E-state index in [1.54, 1.807) is 69.3 Å². The van der Waals surface area contributed by atoms with Gasteiger partial charge in [0.1, 0.15) is 6.61 Å². The lowest BCUT2D eigenvalue weighted by Gasteiger charge is -2.25. The first kappa shape index (κ1) is 37.6. The van der Waals surface area contributed by atoms with Crippen LogP contribution in [0.25, 0.3) is 6.08 Å². The molecule has 0 saturated carbocycles. The quantitative estimate of drug-likeness (QED) is 0.0977. The summed E-state index contributed by atoms with van der Waals surface area (Å²) in [5, 5.41) is 11.4. The van der Waals surface area contributed by atoms with E-state index in [2.05, 4.69) is 9.73 Å². The SMILES string of the molecule is CCOC(=O)C1=C(C)N=c2s/c(=C\c3cc(Cl)c(OCc4cccc([N+](=O)[O-])c4)c(OC)c3)c(=O)n2[C@@H]1c1ccc(OCC(=O)OC)c(OCC)c1. The maximum atomic E-state index is 14.2. The van der Waals surface area contributed by atoms with Crippen LogP contribution in [0.15, 0.2) is 75.7 Å². The van der Waals surface area contributed by atoms with Crippen LogP contribution in [0.3, 0.4) is 0 Å². The van der Waals surface area contributed by atoms with Crippen LogP contribution in [-0.4, -0.2) is 55.5 Å². The molecule has 0 N–H and O–H groups in total. The van der Waals surface area contributed by atoms with Gasteiger partial charge in [0.05, 0.1) is 59.2 Å². The third-order valence-electron chi connectivity index (χ3n) is 7.73. The van der Waals surface area contributed by atoms with Gasteiger partial charge >= 0.3 is 11.9 Å². The maximum Gasteiger partial charge on any atom is 0.343 e. The summed E-state index contributed by atoms with van der Waals surface area (Å²) in [5.74, 6) is -0.169. The number of hydrogen-bond donors (Lipinski definition) is 0. The molecule has 1 aliphatic rings. The lowest BCUT2D eigenvalue weighted by atomic mass is 9.95. The number of benzene rings is 3. The van der Waals surface area contributed by atoms with Crippen molar-refractivity contribution in [2.75, 3.05) is 34.0 Å². The Morgan fingerprint density at radius 2 is 1.81 bits per heavy atom. The van der Waals surface area contributed by atoms with Gasteiger partial charge in [-0.15, -0.1) is 0 Å². The molecule has 0 fully saturated rings. The number of carbonyl (C=O) groups excluding carboxylic acids is 2. The van der Waals surface area contributed by atoms with Gasteiger partial charge in [0.2, 0.25) is 0 Å². The predicted octanol–water partition coefficient (Wildman–Crippen LogP) is 4.90. The minimum atomic E-state index is -0.950.